The molecule has 0 heteroatoms. The van der Waals surface area contributed by atoms with E-state index in [0.717, 1.165) is 5.92 Å². The molecule has 0 heterocycles. The summed E-state index contributed by atoms with van der Waals surface area (Å²) in [5.74, 6) is 1.47. The highest BCUT2D eigenvalue weighted by molar-refractivity contribution is 5.35. The second-order valence-electron chi connectivity index (χ2n) is 18.8. The molecule has 0 spiro atoms. The molecular weight excluding hydrogens is 685 g/mol. The van der Waals surface area contributed by atoms with E-state index in [4.69, 9.17) is 0 Å². The summed E-state index contributed by atoms with van der Waals surface area (Å²) in [5.41, 5.74) is 9.79. The Morgan fingerprint density at radius 2 is 0.702 bits per heavy atom. The zero-order valence-corrected chi connectivity index (χ0v) is 39.8. The van der Waals surface area contributed by atoms with Crippen LogP contribution >= 0.6 is 0 Å². The highest BCUT2D eigenvalue weighted by Gasteiger charge is 2.21. The minimum atomic E-state index is 0.696. The van der Waals surface area contributed by atoms with Crippen molar-refractivity contribution in [3.05, 3.63) is 69.8 Å². The average molecular weight is 785 g/mol. The molecule has 0 amide bonds. The number of benzene rings is 2. The second kappa shape index (κ2) is 36.3. The van der Waals surface area contributed by atoms with Crippen molar-refractivity contribution < 1.29 is 0 Å². The molecule has 2 aromatic carbocycles. The summed E-state index contributed by atoms with van der Waals surface area (Å²) >= 11 is 0. The molecule has 57 heavy (non-hydrogen) atoms. The van der Waals surface area contributed by atoms with Gasteiger partial charge >= 0.3 is 0 Å². The lowest BCUT2D eigenvalue weighted by molar-refractivity contribution is 0.370. The summed E-state index contributed by atoms with van der Waals surface area (Å²) in [7, 11) is 0. The highest BCUT2D eigenvalue weighted by atomic mass is 14.3. The standard InChI is InChI=1S/C57H100/c1-7-13-15-17-19-20-21-22-23-24-25-26-27-28-29-30-31-33-35-41-56(57-45-44-53(37-10-4)55(49-57)39-12-6)47-50(40-34-32-18-16-14-8-2)46-51-42-43-52(36-9-3)54(48-51)38-11-5/h42-45,48-50,56H,7-41,46-47H2,1-6H3. The van der Waals surface area contributed by atoms with Crippen LogP contribution in [0, 0.1) is 5.92 Å². The van der Waals surface area contributed by atoms with Gasteiger partial charge in [0, 0.05) is 0 Å². The molecule has 328 valence electrons. The minimum Gasteiger partial charge on any atom is -0.0654 e. The average Bonchev–Trinajstić information content (AvgIpc) is 3.21. The number of rotatable bonds is 40. The van der Waals surface area contributed by atoms with Gasteiger partial charge in [-0.15, -0.1) is 0 Å². The van der Waals surface area contributed by atoms with Gasteiger partial charge in [-0.1, -0.05) is 271 Å². The third kappa shape index (κ3) is 25.0. The van der Waals surface area contributed by atoms with Crippen molar-refractivity contribution >= 4 is 0 Å². The van der Waals surface area contributed by atoms with Gasteiger partial charge < -0.3 is 0 Å². The predicted molar refractivity (Wildman–Crippen MR) is 259 cm³/mol. The summed E-state index contributed by atoms with van der Waals surface area (Å²) < 4.78 is 0. The SMILES string of the molecule is CCCCCCCCCCCCCCCCCCCCCC(CC(CCCCCCCC)Cc1ccc(CCC)c(CCC)c1)c1ccc(CCC)c(CCC)c1. The predicted octanol–water partition coefficient (Wildman–Crippen LogP) is 19.4. The van der Waals surface area contributed by atoms with E-state index >= 15 is 0 Å². The monoisotopic (exact) mass is 785 g/mol. The third-order valence-corrected chi connectivity index (χ3v) is 13.3. The third-order valence-electron chi connectivity index (χ3n) is 13.3. The molecule has 2 rings (SSSR count). The number of hydrogen-bond donors (Lipinski definition) is 0. The van der Waals surface area contributed by atoms with E-state index in [1.807, 2.05) is 0 Å². The maximum atomic E-state index is 2.69. The second-order valence-corrected chi connectivity index (χ2v) is 18.8. The molecule has 0 saturated carbocycles. The van der Waals surface area contributed by atoms with Crippen molar-refractivity contribution in [3.8, 4) is 0 Å². The van der Waals surface area contributed by atoms with Crippen LogP contribution in [0.5, 0.6) is 0 Å². The molecule has 0 radical (unpaired) electrons. The van der Waals surface area contributed by atoms with E-state index in [-0.39, 0.29) is 0 Å². The van der Waals surface area contributed by atoms with Crippen LogP contribution in [-0.2, 0) is 32.1 Å². The van der Waals surface area contributed by atoms with Crippen molar-refractivity contribution in [2.24, 2.45) is 5.92 Å². The Hall–Kier alpha value is -1.56. The largest absolute Gasteiger partial charge is 0.0654 e. The van der Waals surface area contributed by atoms with Crippen molar-refractivity contribution in [2.45, 2.75) is 285 Å². The first-order valence-electron chi connectivity index (χ1n) is 26.3. The molecule has 2 unspecified atom stereocenters. The van der Waals surface area contributed by atoms with Crippen molar-refractivity contribution in [2.75, 3.05) is 0 Å². The summed E-state index contributed by atoms with van der Waals surface area (Å²) in [6, 6.07) is 15.5. The lowest BCUT2D eigenvalue weighted by Crippen LogP contribution is -2.13. The van der Waals surface area contributed by atoms with Crippen LogP contribution in [0.1, 0.15) is 286 Å². The maximum Gasteiger partial charge on any atom is -0.0159 e. The van der Waals surface area contributed by atoms with Gasteiger partial charge in [0.25, 0.3) is 0 Å². The van der Waals surface area contributed by atoms with E-state index < -0.39 is 0 Å². The quantitative estimate of drug-likeness (QED) is 0.0591. The first-order valence-corrected chi connectivity index (χ1v) is 26.3. The van der Waals surface area contributed by atoms with Crippen molar-refractivity contribution in [1.29, 1.82) is 0 Å². The van der Waals surface area contributed by atoms with Crippen LogP contribution in [-0.4, -0.2) is 0 Å². The van der Waals surface area contributed by atoms with Gasteiger partial charge in [0.1, 0.15) is 0 Å². The Labute approximate surface area is 359 Å². The van der Waals surface area contributed by atoms with Gasteiger partial charge in [0.15, 0.2) is 0 Å². The molecule has 0 aliphatic rings. The highest BCUT2D eigenvalue weighted by Crippen LogP contribution is 2.35. The Balaban J connectivity index is 1.97. The van der Waals surface area contributed by atoms with Gasteiger partial charge in [-0.3, -0.25) is 0 Å². The molecule has 0 N–H and O–H groups in total. The van der Waals surface area contributed by atoms with E-state index in [1.165, 1.54) is 238 Å². The van der Waals surface area contributed by atoms with Crippen LogP contribution in [0.15, 0.2) is 36.4 Å². The molecule has 0 aromatic heterocycles. The number of aryl methyl sites for hydroxylation is 4. The lowest BCUT2D eigenvalue weighted by Gasteiger charge is -2.26. The van der Waals surface area contributed by atoms with Crippen LogP contribution in [0.3, 0.4) is 0 Å². The minimum absolute atomic E-state index is 0.696. The maximum absolute atomic E-state index is 2.69. The van der Waals surface area contributed by atoms with Crippen LogP contribution in [0.2, 0.25) is 0 Å². The van der Waals surface area contributed by atoms with Crippen LogP contribution in [0.25, 0.3) is 0 Å². The molecule has 0 aliphatic heterocycles. The summed E-state index contributed by atoms with van der Waals surface area (Å²) in [6.07, 6.45) is 51.4. The summed E-state index contributed by atoms with van der Waals surface area (Å²) in [5, 5.41) is 0. The Bertz CT molecular complexity index is 1170. The molecule has 0 fully saturated rings. The Morgan fingerprint density at radius 1 is 0.333 bits per heavy atom. The van der Waals surface area contributed by atoms with E-state index in [9.17, 15) is 0 Å². The fourth-order valence-corrected chi connectivity index (χ4v) is 9.88. The van der Waals surface area contributed by atoms with E-state index in [1.54, 1.807) is 33.4 Å². The zero-order valence-electron chi connectivity index (χ0n) is 39.8. The fourth-order valence-electron chi connectivity index (χ4n) is 9.88. The molecule has 0 saturated heterocycles. The molecule has 0 aliphatic carbocycles. The van der Waals surface area contributed by atoms with Gasteiger partial charge in [0.05, 0.1) is 0 Å². The van der Waals surface area contributed by atoms with Gasteiger partial charge in [0.2, 0.25) is 0 Å². The van der Waals surface area contributed by atoms with Crippen LogP contribution in [0.4, 0.5) is 0 Å². The van der Waals surface area contributed by atoms with Crippen molar-refractivity contribution in [1.82, 2.24) is 0 Å². The molecule has 0 nitrogen and oxygen atoms in total. The molecule has 0 bridgehead atoms. The van der Waals surface area contributed by atoms with Crippen LogP contribution < -0.4 is 0 Å². The molecule has 2 atom stereocenters. The van der Waals surface area contributed by atoms with E-state index in [2.05, 4.69) is 77.9 Å². The molecular formula is C57H100. The summed E-state index contributed by atoms with van der Waals surface area (Å²) in [4.78, 5) is 0. The first kappa shape index (κ1) is 51.6. The zero-order chi connectivity index (χ0) is 41.0. The Morgan fingerprint density at radius 3 is 1.14 bits per heavy atom. The fraction of sp³-hybridized carbons (Fsp3) is 0.789. The van der Waals surface area contributed by atoms with E-state index in [0.29, 0.717) is 5.92 Å². The summed E-state index contributed by atoms with van der Waals surface area (Å²) in [6.45, 7) is 14.1. The Kier molecular flexibility index (Phi) is 32.9. The molecule has 2 aromatic rings. The van der Waals surface area contributed by atoms with Crippen molar-refractivity contribution in [3.63, 3.8) is 0 Å². The van der Waals surface area contributed by atoms with Gasteiger partial charge in [-0.2, -0.15) is 0 Å². The smallest absolute Gasteiger partial charge is 0.0159 e. The van der Waals surface area contributed by atoms with Gasteiger partial charge in [-0.05, 0) is 90.2 Å². The number of unbranched alkanes of at least 4 members (excludes halogenated alkanes) is 23. The number of hydrogen-bond acceptors (Lipinski definition) is 0. The topological polar surface area (TPSA) is 0 Å². The first-order chi connectivity index (χ1) is 28.1. The van der Waals surface area contributed by atoms with Gasteiger partial charge in [-0.25, -0.2) is 0 Å². The normalized spacial score (nSPS) is 12.7. The lowest BCUT2D eigenvalue weighted by atomic mass is 9.79.